The summed E-state index contributed by atoms with van der Waals surface area (Å²) in [6.45, 7) is 3.88. The van der Waals surface area contributed by atoms with Gasteiger partial charge in [0.2, 0.25) is 0 Å². The van der Waals surface area contributed by atoms with Crippen LogP contribution in [0.5, 0.6) is 5.75 Å². The average molecular weight is 300 g/mol. The van der Waals surface area contributed by atoms with Crippen LogP contribution in [-0.2, 0) is 6.42 Å². The lowest BCUT2D eigenvalue weighted by Gasteiger charge is -2.10. The smallest absolute Gasteiger partial charge is 0.336 e. The van der Waals surface area contributed by atoms with Crippen molar-refractivity contribution in [2.75, 3.05) is 0 Å². The van der Waals surface area contributed by atoms with Gasteiger partial charge in [-0.3, -0.25) is 0 Å². The summed E-state index contributed by atoms with van der Waals surface area (Å²) in [6.07, 6.45) is 1.35. The van der Waals surface area contributed by atoms with Gasteiger partial charge in [-0.05, 0) is 31.5 Å². The standard InChI is InChI=1S/C16H16N2O4/c1-3-4-14-17-16(22-18-14)10(2)20-12-7-5-11-6-8-15(19)21-13(11)9-12/h5-10H,3-4H2,1-2H3/t10-/m0/s1. The van der Waals surface area contributed by atoms with E-state index in [4.69, 9.17) is 13.7 Å². The van der Waals surface area contributed by atoms with Gasteiger partial charge in [0, 0.05) is 23.9 Å². The van der Waals surface area contributed by atoms with E-state index in [1.54, 1.807) is 12.1 Å². The van der Waals surface area contributed by atoms with E-state index in [0.717, 1.165) is 18.2 Å². The van der Waals surface area contributed by atoms with E-state index in [1.807, 2.05) is 19.1 Å². The summed E-state index contributed by atoms with van der Waals surface area (Å²) in [7, 11) is 0. The molecular formula is C16H16N2O4. The summed E-state index contributed by atoms with van der Waals surface area (Å²) < 4.78 is 16.1. The summed E-state index contributed by atoms with van der Waals surface area (Å²) in [4.78, 5) is 15.6. The summed E-state index contributed by atoms with van der Waals surface area (Å²) in [5.41, 5.74) is 0.0909. The number of rotatable bonds is 5. The van der Waals surface area contributed by atoms with Crippen LogP contribution in [0.2, 0.25) is 0 Å². The third-order valence-electron chi connectivity index (χ3n) is 3.21. The topological polar surface area (TPSA) is 78.4 Å². The van der Waals surface area contributed by atoms with Crippen molar-refractivity contribution >= 4 is 11.0 Å². The highest BCUT2D eigenvalue weighted by atomic mass is 16.5. The molecule has 3 rings (SSSR count). The molecule has 0 fully saturated rings. The van der Waals surface area contributed by atoms with Gasteiger partial charge >= 0.3 is 5.63 Å². The number of hydrogen-bond acceptors (Lipinski definition) is 6. The minimum atomic E-state index is -0.390. The molecule has 0 bridgehead atoms. The van der Waals surface area contributed by atoms with Gasteiger partial charge < -0.3 is 13.7 Å². The van der Waals surface area contributed by atoms with Crippen molar-refractivity contribution in [3.8, 4) is 5.75 Å². The second-order valence-electron chi connectivity index (χ2n) is 5.01. The van der Waals surface area contributed by atoms with Crippen molar-refractivity contribution < 1.29 is 13.7 Å². The molecule has 0 aliphatic heterocycles. The summed E-state index contributed by atoms with van der Waals surface area (Å²) in [5.74, 6) is 1.68. The lowest BCUT2D eigenvalue weighted by atomic mass is 10.2. The highest BCUT2D eigenvalue weighted by molar-refractivity contribution is 5.77. The third-order valence-corrected chi connectivity index (χ3v) is 3.21. The fourth-order valence-electron chi connectivity index (χ4n) is 2.13. The lowest BCUT2D eigenvalue weighted by molar-refractivity contribution is 0.175. The van der Waals surface area contributed by atoms with Crippen LogP contribution in [0, 0.1) is 0 Å². The van der Waals surface area contributed by atoms with Gasteiger partial charge in [-0.1, -0.05) is 12.1 Å². The first-order valence-corrected chi connectivity index (χ1v) is 7.19. The van der Waals surface area contributed by atoms with Gasteiger partial charge in [0.15, 0.2) is 11.9 Å². The van der Waals surface area contributed by atoms with Crippen LogP contribution in [0.4, 0.5) is 0 Å². The molecule has 3 aromatic rings. The maximum atomic E-state index is 11.3. The zero-order valence-corrected chi connectivity index (χ0v) is 12.4. The first kappa shape index (κ1) is 14.3. The third kappa shape index (κ3) is 3.00. The van der Waals surface area contributed by atoms with Gasteiger partial charge in [0.1, 0.15) is 11.3 Å². The van der Waals surface area contributed by atoms with E-state index in [1.165, 1.54) is 6.07 Å². The highest BCUT2D eigenvalue weighted by Crippen LogP contribution is 2.24. The predicted molar refractivity (Wildman–Crippen MR) is 79.8 cm³/mol. The van der Waals surface area contributed by atoms with E-state index >= 15 is 0 Å². The minimum Gasteiger partial charge on any atom is -0.481 e. The Morgan fingerprint density at radius 1 is 1.27 bits per heavy atom. The molecule has 0 aliphatic carbocycles. The van der Waals surface area contributed by atoms with Crippen molar-refractivity contribution in [1.29, 1.82) is 0 Å². The molecular weight excluding hydrogens is 284 g/mol. The number of aryl methyl sites for hydroxylation is 1. The number of aromatic nitrogens is 2. The molecule has 22 heavy (non-hydrogen) atoms. The number of fused-ring (bicyclic) bond motifs is 1. The normalized spacial score (nSPS) is 12.5. The predicted octanol–water partition coefficient (Wildman–Crippen LogP) is 3.27. The van der Waals surface area contributed by atoms with Crippen molar-refractivity contribution in [2.24, 2.45) is 0 Å². The fourth-order valence-corrected chi connectivity index (χ4v) is 2.13. The van der Waals surface area contributed by atoms with Crippen LogP contribution in [0.3, 0.4) is 0 Å². The van der Waals surface area contributed by atoms with Crippen LogP contribution in [-0.4, -0.2) is 10.1 Å². The molecule has 0 N–H and O–H groups in total. The lowest BCUT2D eigenvalue weighted by Crippen LogP contribution is -2.04. The Labute approximate surface area is 126 Å². The van der Waals surface area contributed by atoms with E-state index in [0.29, 0.717) is 23.0 Å². The first-order valence-electron chi connectivity index (χ1n) is 7.19. The van der Waals surface area contributed by atoms with Crippen LogP contribution in [0.15, 0.2) is 44.1 Å². The van der Waals surface area contributed by atoms with Crippen molar-refractivity contribution in [3.05, 3.63) is 52.5 Å². The molecule has 0 spiro atoms. The molecule has 6 nitrogen and oxygen atoms in total. The fraction of sp³-hybridized carbons (Fsp3) is 0.312. The van der Waals surface area contributed by atoms with E-state index in [-0.39, 0.29) is 11.7 Å². The summed E-state index contributed by atoms with van der Waals surface area (Å²) in [6, 6.07) is 8.41. The zero-order valence-electron chi connectivity index (χ0n) is 12.4. The zero-order chi connectivity index (χ0) is 15.5. The monoisotopic (exact) mass is 300 g/mol. The SMILES string of the molecule is CCCc1noc([C@H](C)Oc2ccc3ccc(=O)oc3c2)n1. The van der Waals surface area contributed by atoms with Gasteiger partial charge in [0.25, 0.3) is 5.89 Å². The number of ether oxygens (including phenoxy) is 1. The Kier molecular flexibility index (Phi) is 3.91. The quantitative estimate of drug-likeness (QED) is 0.673. The summed E-state index contributed by atoms with van der Waals surface area (Å²) in [5, 5.41) is 4.74. The van der Waals surface area contributed by atoms with Crippen LogP contribution >= 0.6 is 0 Å². The largest absolute Gasteiger partial charge is 0.481 e. The first-order chi connectivity index (χ1) is 10.7. The van der Waals surface area contributed by atoms with E-state index in [9.17, 15) is 4.79 Å². The molecule has 0 aliphatic rings. The Hall–Kier alpha value is -2.63. The summed E-state index contributed by atoms with van der Waals surface area (Å²) >= 11 is 0. The molecule has 2 aromatic heterocycles. The van der Waals surface area contributed by atoms with Crippen LogP contribution in [0.25, 0.3) is 11.0 Å². The molecule has 2 heterocycles. The molecule has 1 aromatic carbocycles. The van der Waals surface area contributed by atoms with Crippen LogP contribution in [0.1, 0.15) is 38.1 Å². The van der Waals surface area contributed by atoms with Crippen LogP contribution < -0.4 is 10.4 Å². The van der Waals surface area contributed by atoms with Crippen molar-refractivity contribution in [2.45, 2.75) is 32.8 Å². The Bertz CT molecular complexity index is 837. The molecule has 114 valence electrons. The second-order valence-corrected chi connectivity index (χ2v) is 5.01. The molecule has 0 unspecified atom stereocenters. The highest BCUT2D eigenvalue weighted by Gasteiger charge is 2.16. The second kappa shape index (κ2) is 6.01. The number of hydrogen-bond donors (Lipinski definition) is 0. The molecule has 0 saturated carbocycles. The Morgan fingerprint density at radius 2 is 2.09 bits per heavy atom. The molecule has 1 atom stereocenters. The van der Waals surface area contributed by atoms with Gasteiger partial charge in [0.05, 0.1) is 0 Å². The minimum absolute atomic E-state index is 0.383. The van der Waals surface area contributed by atoms with Crippen molar-refractivity contribution in [1.82, 2.24) is 10.1 Å². The van der Waals surface area contributed by atoms with Gasteiger partial charge in [-0.2, -0.15) is 4.98 Å². The number of nitrogens with zero attached hydrogens (tertiary/aromatic N) is 2. The maximum absolute atomic E-state index is 11.3. The number of benzene rings is 1. The molecule has 0 radical (unpaired) electrons. The Balaban J connectivity index is 1.80. The molecule has 0 amide bonds. The maximum Gasteiger partial charge on any atom is 0.336 e. The molecule has 6 heteroatoms. The van der Waals surface area contributed by atoms with E-state index in [2.05, 4.69) is 17.1 Å². The van der Waals surface area contributed by atoms with E-state index < -0.39 is 0 Å². The average Bonchev–Trinajstić information content (AvgIpc) is 2.96. The van der Waals surface area contributed by atoms with Crippen molar-refractivity contribution in [3.63, 3.8) is 0 Å². The van der Waals surface area contributed by atoms with Gasteiger partial charge in [-0.25, -0.2) is 4.79 Å². The molecule has 0 saturated heterocycles. The Morgan fingerprint density at radius 3 is 2.91 bits per heavy atom. The van der Waals surface area contributed by atoms with Gasteiger partial charge in [-0.15, -0.1) is 0 Å².